The lowest BCUT2D eigenvalue weighted by atomic mass is 9.98. The number of nitrogens with one attached hydrogen (secondary N) is 1. The van der Waals surface area contributed by atoms with Gasteiger partial charge in [0.2, 0.25) is 0 Å². The van der Waals surface area contributed by atoms with Gasteiger partial charge in [-0.1, -0.05) is 48.5 Å². The highest BCUT2D eigenvalue weighted by atomic mass is 15.1. The molecule has 0 aliphatic carbocycles. The first-order chi connectivity index (χ1) is 11.2. The van der Waals surface area contributed by atoms with Gasteiger partial charge in [0.05, 0.1) is 17.9 Å². The molecule has 0 radical (unpaired) electrons. The van der Waals surface area contributed by atoms with Crippen LogP contribution in [0.15, 0.2) is 53.5 Å². The van der Waals surface area contributed by atoms with Gasteiger partial charge in [-0.2, -0.15) is 0 Å². The van der Waals surface area contributed by atoms with Gasteiger partial charge in [0.25, 0.3) is 0 Å². The zero-order valence-electron chi connectivity index (χ0n) is 12.7. The van der Waals surface area contributed by atoms with Crippen molar-refractivity contribution in [3.8, 4) is 12.3 Å². The number of anilines is 2. The van der Waals surface area contributed by atoms with Crippen molar-refractivity contribution in [2.24, 2.45) is 10.7 Å². The Labute approximate surface area is 135 Å². The molecule has 3 aromatic rings. The monoisotopic (exact) mass is 302 g/mol. The van der Waals surface area contributed by atoms with Crippen molar-refractivity contribution in [2.75, 3.05) is 17.6 Å². The molecule has 0 aliphatic heterocycles. The van der Waals surface area contributed by atoms with Crippen molar-refractivity contribution >= 4 is 38.9 Å². The van der Waals surface area contributed by atoms with E-state index in [1.54, 1.807) is 0 Å². The van der Waals surface area contributed by atoms with Crippen LogP contribution in [-0.2, 0) is 0 Å². The Kier molecular flexibility index (Phi) is 4.03. The number of benzene rings is 3. The first-order valence-corrected chi connectivity index (χ1v) is 7.41. The van der Waals surface area contributed by atoms with E-state index in [2.05, 4.69) is 28.4 Å². The van der Waals surface area contributed by atoms with E-state index in [1.807, 2.05) is 36.4 Å². The number of terminal acetylenes is 1. The highest BCUT2D eigenvalue weighted by Gasteiger charge is 2.12. The number of nitrogens with zero attached hydrogens (tertiary/aromatic N) is 1. The quantitative estimate of drug-likeness (QED) is 0.132. The molecule has 23 heavy (non-hydrogen) atoms. The predicted molar refractivity (Wildman–Crippen MR) is 99.4 cm³/mol. The molecule has 5 N–H and O–H groups in total. The van der Waals surface area contributed by atoms with Crippen LogP contribution in [-0.4, -0.2) is 12.5 Å². The van der Waals surface area contributed by atoms with Gasteiger partial charge in [0, 0.05) is 17.2 Å². The minimum Gasteiger partial charge on any atom is -0.397 e. The number of nitrogens with two attached hydrogens (primary N) is 2. The van der Waals surface area contributed by atoms with Crippen molar-refractivity contribution in [3.05, 3.63) is 48.5 Å². The van der Waals surface area contributed by atoms with Gasteiger partial charge in [0.1, 0.15) is 0 Å². The van der Waals surface area contributed by atoms with Crippen molar-refractivity contribution < 1.29 is 0 Å². The summed E-state index contributed by atoms with van der Waals surface area (Å²) in [5, 5.41) is 7.38. The smallest absolute Gasteiger partial charge is 0.193 e. The molecule has 3 aromatic carbocycles. The molecule has 4 heteroatoms. The van der Waals surface area contributed by atoms with Crippen LogP contribution in [0.3, 0.4) is 0 Å². The molecular formula is C19H18N4. The number of rotatable bonds is 3. The van der Waals surface area contributed by atoms with E-state index in [0.717, 1.165) is 27.2 Å². The standard InChI is InChI=1S/C19H18N4/c1-2-3-12-22-19(21)23-18-16-11-7-5-9-14(16)13-8-4-6-10-15(13)17(18)20/h1,4-11H,3,12,20H2,(H3,21,22,23). The van der Waals surface area contributed by atoms with E-state index in [9.17, 15) is 0 Å². The van der Waals surface area contributed by atoms with E-state index in [-0.39, 0.29) is 0 Å². The third kappa shape index (κ3) is 2.77. The Bertz CT molecular complexity index is 935. The van der Waals surface area contributed by atoms with Gasteiger partial charge in [0.15, 0.2) is 5.96 Å². The number of nitrogen functional groups attached to an aromatic ring is 1. The molecule has 0 saturated carbocycles. The molecule has 3 rings (SSSR count). The number of hydrogen-bond acceptors (Lipinski definition) is 2. The number of guanidine groups is 1. The fourth-order valence-electron chi connectivity index (χ4n) is 2.71. The number of aliphatic imine (C=N–C) groups is 1. The maximum absolute atomic E-state index is 6.38. The molecule has 0 atom stereocenters. The molecule has 0 aliphatic rings. The molecule has 0 unspecified atom stereocenters. The normalized spacial score (nSPS) is 11.5. The molecule has 0 fully saturated rings. The molecule has 0 spiro atoms. The number of fused-ring (bicyclic) bond motifs is 3. The summed E-state index contributed by atoms with van der Waals surface area (Å²) in [6.07, 6.45) is 5.78. The van der Waals surface area contributed by atoms with E-state index >= 15 is 0 Å². The second kappa shape index (κ2) is 6.29. The zero-order valence-corrected chi connectivity index (χ0v) is 12.7. The topological polar surface area (TPSA) is 76.4 Å². The van der Waals surface area contributed by atoms with Gasteiger partial charge >= 0.3 is 0 Å². The summed E-state index contributed by atoms with van der Waals surface area (Å²) in [7, 11) is 0. The zero-order chi connectivity index (χ0) is 16.2. The van der Waals surface area contributed by atoms with Crippen LogP contribution in [0.25, 0.3) is 21.5 Å². The van der Waals surface area contributed by atoms with Crippen molar-refractivity contribution in [3.63, 3.8) is 0 Å². The Balaban J connectivity index is 2.17. The molecule has 0 saturated heterocycles. The van der Waals surface area contributed by atoms with Crippen LogP contribution in [0.5, 0.6) is 0 Å². The van der Waals surface area contributed by atoms with Crippen LogP contribution >= 0.6 is 0 Å². The molecule has 0 bridgehead atoms. The number of hydrogen-bond donors (Lipinski definition) is 3. The average Bonchev–Trinajstić information content (AvgIpc) is 2.59. The SMILES string of the molecule is C#CCCN=C(N)Nc1c(N)c2ccccc2c2ccccc12. The van der Waals surface area contributed by atoms with Crippen molar-refractivity contribution in [1.82, 2.24) is 0 Å². The Hall–Kier alpha value is -3.19. The maximum atomic E-state index is 6.38. The van der Waals surface area contributed by atoms with Crippen LogP contribution in [0.2, 0.25) is 0 Å². The molecule has 114 valence electrons. The van der Waals surface area contributed by atoms with Gasteiger partial charge in [-0.05, 0) is 10.8 Å². The minimum atomic E-state index is 0.312. The third-order valence-corrected chi connectivity index (χ3v) is 3.76. The third-order valence-electron chi connectivity index (χ3n) is 3.76. The fraction of sp³-hybridized carbons (Fsp3) is 0.105. The van der Waals surface area contributed by atoms with Crippen LogP contribution < -0.4 is 16.8 Å². The van der Waals surface area contributed by atoms with E-state index in [0.29, 0.717) is 24.6 Å². The second-order valence-corrected chi connectivity index (χ2v) is 5.23. The summed E-state index contributed by atoms with van der Waals surface area (Å²) in [5.41, 5.74) is 13.8. The van der Waals surface area contributed by atoms with Crippen molar-refractivity contribution in [2.45, 2.75) is 6.42 Å². The highest BCUT2D eigenvalue weighted by molar-refractivity contribution is 6.21. The molecule has 0 heterocycles. The molecule has 0 aromatic heterocycles. The lowest BCUT2D eigenvalue weighted by Gasteiger charge is -2.15. The summed E-state index contributed by atoms with van der Waals surface area (Å²) < 4.78 is 0. The van der Waals surface area contributed by atoms with E-state index < -0.39 is 0 Å². The van der Waals surface area contributed by atoms with Gasteiger partial charge in [-0.25, -0.2) is 0 Å². The molecule has 0 amide bonds. The lowest BCUT2D eigenvalue weighted by Crippen LogP contribution is -2.23. The summed E-state index contributed by atoms with van der Waals surface area (Å²) in [6.45, 7) is 0.487. The largest absolute Gasteiger partial charge is 0.397 e. The Morgan fingerprint density at radius 1 is 1.00 bits per heavy atom. The highest BCUT2D eigenvalue weighted by Crippen LogP contribution is 2.38. The second-order valence-electron chi connectivity index (χ2n) is 5.23. The lowest BCUT2D eigenvalue weighted by molar-refractivity contribution is 1.03. The van der Waals surface area contributed by atoms with Gasteiger partial charge in [-0.15, -0.1) is 12.3 Å². The predicted octanol–water partition coefficient (Wildman–Crippen LogP) is 3.33. The van der Waals surface area contributed by atoms with E-state index in [4.69, 9.17) is 17.9 Å². The fourth-order valence-corrected chi connectivity index (χ4v) is 2.71. The Morgan fingerprint density at radius 2 is 1.57 bits per heavy atom. The van der Waals surface area contributed by atoms with Crippen molar-refractivity contribution in [1.29, 1.82) is 0 Å². The van der Waals surface area contributed by atoms with Gasteiger partial charge in [-0.3, -0.25) is 4.99 Å². The Morgan fingerprint density at radius 3 is 2.22 bits per heavy atom. The van der Waals surface area contributed by atoms with Crippen LogP contribution in [0, 0.1) is 12.3 Å². The summed E-state index contributed by atoms with van der Waals surface area (Å²) in [5.74, 6) is 2.85. The first-order valence-electron chi connectivity index (χ1n) is 7.41. The van der Waals surface area contributed by atoms with E-state index in [1.165, 1.54) is 0 Å². The summed E-state index contributed by atoms with van der Waals surface area (Å²) >= 11 is 0. The maximum Gasteiger partial charge on any atom is 0.193 e. The van der Waals surface area contributed by atoms with Crippen LogP contribution in [0.4, 0.5) is 11.4 Å². The summed E-state index contributed by atoms with van der Waals surface area (Å²) in [6, 6.07) is 16.2. The molecule has 4 nitrogen and oxygen atoms in total. The molecular weight excluding hydrogens is 284 g/mol. The van der Waals surface area contributed by atoms with Gasteiger partial charge < -0.3 is 16.8 Å². The van der Waals surface area contributed by atoms with Crippen LogP contribution in [0.1, 0.15) is 6.42 Å². The first kappa shape index (κ1) is 14.7. The summed E-state index contributed by atoms with van der Waals surface area (Å²) in [4.78, 5) is 4.22. The minimum absolute atomic E-state index is 0.312. The average molecular weight is 302 g/mol.